The van der Waals surface area contributed by atoms with Gasteiger partial charge in [0.2, 0.25) is 0 Å². The molecule has 4 aromatic rings. The number of benzene rings is 4. The molecule has 27 heavy (non-hydrogen) atoms. The third-order valence-electron chi connectivity index (χ3n) is 4.35. The zero-order valence-electron chi connectivity index (χ0n) is 13.9. The van der Waals surface area contributed by atoms with E-state index in [1.807, 2.05) is 60.7 Å². The normalized spacial score (nSPS) is 10.9. The van der Waals surface area contributed by atoms with Crippen molar-refractivity contribution in [1.82, 2.24) is 0 Å². The monoisotopic (exact) mass is 482 g/mol. The Morgan fingerprint density at radius 1 is 0.593 bits per heavy atom. The predicted molar refractivity (Wildman–Crippen MR) is 113 cm³/mol. The number of hydrogen-bond donors (Lipinski definition) is 0. The molecule has 5 heteroatoms. The van der Waals surface area contributed by atoms with Crippen molar-refractivity contribution in [2.75, 3.05) is 0 Å². The van der Waals surface area contributed by atoms with Gasteiger partial charge in [0.1, 0.15) is 0 Å². The van der Waals surface area contributed by atoms with Crippen molar-refractivity contribution in [2.45, 2.75) is 0 Å². The van der Waals surface area contributed by atoms with E-state index < -0.39 is 11.9 Å². The van der Waals surface area contributed by atoms with E-state index in [1.165, 1.54) is 0 Å². The van der Waals surface area contributed by atoms with Gasteiger partial charge in [0.05, 0.1) is 11.1 Å². The van der Waals surface area contributed by atoms with E-state index in [0.29, 0.717) is 20.1 Å². The van der Waals surface area contributed by atoms with Crippen LogP contribution in [0, 0.1) is 0 Å². The number of esters is 2. The molecule has 0 spiro atoms. The number of hydrogen-bond acceptors (Lipinski definition) is 3. The highest BCUT2D eigenvalue weighted by atomic mass is 79.9. The van der Waals surface area contributed by atoms with Crippen molar-refractivity contribution >= 4 is 65.3 Å². The number of carbonyl (C=O) groups excluding carboxylic acids is 2. The average Bonchev–Trinajstić information content (AvgIpc) is 2.67. The molecule has 0 atom stereocenters. The first-order valence-electron chi connectivity index (χ1n) is 8.17. The number of rotatable bonds is 2. The van der Waals surface area contributed by atoms with Crippen LogP contribution in [0.1, 0.15) is 20.7 Å². The summed E-state index contributed by atoms with van der Waals surface area (Å²) in [7, 11) is 0. The molecular weight excluding hydrogens is 472 g/mol. The summed E-state index contributed by atoms with van der Waals surface area (Å²) in [5.41, 5.74) is 0.663. The summed E-state index contributed by atoms with van der Waals surface area (Å²) < 4.78 is 6.42. The Kier molecular flexibility index (Phi) is 4.81. The maximum absolute atomic E-state index is 12.8. The fraction of sp³-hybridized carbons (Fsp3) is 0. The Balaban J connectivity index is 1.76. The Morgan fingerprint density at radius 2 is 1.00 bits per heavy atom. The minimum absolute atomic E-state index is 0.331. The lowest BCUT2D eigenvalue weighted by Crippen LogP contribution is -2.14. The van der Waals surface area contributed by atoms with Crippen molar-refractivity contribution < 1.29 is 14.3 Å². The molecule has 4 rings (SSSR count). The molecule has 0 radical (unpaired) electrons. The lowest BCUT2D eigenvalue weighted by molar-refractivity contribution is 0.0399. The summed E-state index contributed by atoms with van der Waals surface area (Å²) in [6.07, 6.45) is 0. The molecule has 0 fully saturated rings. The van der Waals surface area contributed by atoms with E-state index in [1.54, 1.807) is 12.1 Å². The highest BCUT2D eigenvalue weighted by Gasteiger charge is 2.22. The van der Waals surface area contributed by atoms with Crippen molar-refractivity contribution in [2.24, 2.45) is 0 Å². The Labute approximate surface area is 172 Å². The van der Waals surface area contributed by atoms with Gasteiger partial charge < -0.3 is 4.74 Å². The van der Waals surface area contributed by atoms with Gasteiger partial charge in [0, 0.05) is 8.95 Å². The second-order valence-corrected chi connectivity index (χ2v) is 7.67. The summed E-state index contributed by atoms with van der Waals surface area (Å²) in [5.74, 6) is -1.38. The summed E-state index contributed by atoms with van der Waals surface area (Å²) >= 11 is 6.79. The molecular formula is C22H12Br2O3. The third-order valence-corrected chi connectivity index (χ3v) is 5.67. The van der Waals surface area contributed by atoms with Gasteiger partial charge in [0.15, 0.2) is 0 Å². The van der Waals surface area contributed by atoms with Crippen molar-refractivity contribution in [3.05, 3.63) is 92.9 Å². The maximum atomic E-state index is 12.8. The Hall–Kier alpha value is -2.50. The van der Waals surface area contributed by atoms with Gasteiger partial charge in [-0.1, -0.05) is 60.7 Å². The molecule has 4 aromatic carbocycles. The SMILES string of the molecule is O=C(OC(=O)c1c(Br)ccc2ccccc12)c1c(Br)ccc2ccccc12. The van der Waals surface area contributed by atoms with Crippen LogP contribution < -0.4 is 0 Å². The highest BCUT2D eigenvalue weighted by molar-refractivity contribution is 9.10. The molecule has 0 heterocycles. The van der Waals surface area contributed by atoms with Crippen molar-refractivity contribution in [3.63, 3.8) is 0 Å². The van der Waals surface area contributed by atoms with Crippen LogP contribution in [0.4, 0.5) is 0 Å². The van der Waals surface area contributed by atoms with Crippen LogP contribution in [-0.2, 0) is 4.74 Å². The molecule has 0 amide bonds. The zero-order chi connectivity index (χ0) is 19.0. The fourth-order valence-corrected chi connectivity index (χ4v) is 4.11. The summed E-state index contributed by atoms with van der Waals surface area (Å²) in [6, 6.07) is 22.3. The highest BCUT2D eigenvalue weighted by Crippen LogP contribution is 2.30. The summed E-state index contributed by atoms with van der Waals surface area (Å²) in [4.78, 5) is 25.6. The number of fused-ring (bicyclic) bond motifs is 2. The van der Waals surface area contributed by atoms with Gasteiger partial charge >= 0.3 is 11.9 Å². The molecule has 0 aliphatic carbocycles. The molecule has 0 saturated heterocycles. The van der Waals surface area contributed by atoms with Gasteiger partial charge in [-0.15, -0.1) is 0 Å². The van der Waals surface area contributed by atoms with Crippen LogP contribution in [0.15, 0.2) is 81.7 Å². The van der Waals surface area contributed by atoms with Crippen LogP contribution >= 0.6 is 31.9 Å². The Bertz CT molecular complexity index is 1120. The summed E-state index contributed by atoms with van der Waals surface area (Å²) in [6.45, 7) is 0. The number of carbonyl (C=O) groups is 2. The van der Waals surface area contributed by atoms with E-state index in [2.05, 4.69) is 31.9 Å². The standard InChI is InChI=1S/C22H12Br2O3/c23-17-11-9-13-5-1-3-7-15(13)19(17)21(25)27-22(26)20-16-8-4-2-6-14(16)10-12-18(20)24/h1-12H. The lowest BCUT2D eigenvalue weighted by atomic mass is 10.0. The molecule has 0 aromatic heterocycles. The fourth-order valence-electron chi connectivity index (χ4n) is 3.09. The number of halogens is 2. The largest absolute Gasteiger partial charge is 0.386 e. The molecule has 132 valence electrons. The quantitative estimate of drug-likeness (QED) is 0.241. The van der Waals surface area contributed by atoms with Crippen LogP contribution in [-0.4, -0.2) is 11.9 Å². The van der Waals surface area contributed by atoms with Crippen LogP contribution in [0.3, 0.4) is 0 Å². The van der Waals surface area contributed by atoms with E-state index in [4.69, 9.17) is 4.74 Å². The van der Waals surface area contributed by atoms with E-state index in [-0.39, 0.29) is 0 Å². The molecule has 0 bridgehead atoms. The summed E-state index contributed by atoms with van der Waals surface area (Å²) in [5, 5.41) is 3.24. The first-order valence-corrected chi connectivity index (χ1v) is 9.76. The third kappa shape index (κ3) is 3.29. The van der Waals surface area contributed by atoms with Gasteiger partial charge in [-0.3, -0.25) is 0 Å². The second-order valence-electron chi connectivity index (χ2n) is 5.96. The molecule has 0 N–H and O–H groups in total. The van der Waals surface area contributed by atoms with Crippen molar-refractivity contribution in [3.8, 4) is 0 Å². The smallest absolute Gasteiger partial charge is 0.347 e. The van der Waals surface area contributed by atoms with Gasteiger partial charge in [-0.2, -0.15) is 0 Å². The van der Waals surface area contributed by atoms with Gasteiger partial charge in [-0.25, -0.2) is 9.59 Å². The first-order chi connectivity index (χ1) is 13.1. The molecule has 0 aliphatic rings. The van der Waals surface area contributed by atoms with Crippen LogP contribution in [0.2, 0.25) is 0 Å². The van der Waals surface area contributed by atoms with E-state index in [0.717, 1.165) is 21.5 Å². The molecule has 0 saturated carbocycles. The minimum Gasteiger partial charge on any atom is -0.386 e. The first kappa shape index (κ1) is 17.9. The van der Waals surface area contributed by atoms with Gasteiger partial charge in [0.25, 0.3) is 0 Å². The molecule has 0 unspecified atom stereocenters. The van der Waals surface area contributed by atoms with Crippen molar-refractivity contribution in [1.29, 1.82) is 0 Å². The van der Waals surface area contributed by atoms with Gasteiger partial charge in [-0.05, 0) is 65.5 Å². The number of ether oxygens (including phenoxy) is 1. The lowest BCUT2D eigenvalue weighted by Gasteiger charge is -2.11. The Morgan fingerprint density at radius 3 is 1.44 bits per heavy atom. The zero-order valence-corrected chi connectivity index (χ0v) is 17.1. The van der Waals surface area contributed by atoms with E-state index in [9.17, 15) is 9.59 Å². The average molecular weight is 484 g/mol. The minimum atomic E-state index is -0.691. The maximum Gasteiger partial charge on any atom is 0.347 e. The second kappa shape index (κ2) is 7.25. The van der Waals surface area contributed by atoms with Crippen LogP contribution in [0.5, 0.6) is 0 Å². The van der Waals surface area contributed by atoms with E-state index >= 15 is 0 Å². The van der Waals surface area contributed by atoms with Crippen LogP contribution in [0.25, 0.3) is 21.5 Å². The predicted octanol–water partition coefficient (Wildman–Crippen LogP) is 6.52. The molecule has 3 nitrogen and oxygen atoms in total. The molecule has 0 aliphatic heterocycles. The topological polar surface area (TPSA) is 43.4 Å².